The van der Waals surface area contributed by atoms with E-state index in [9.17, 15) is 4.79 Å². The lowest BCUT2D eigenvalue weighted by Crippen LogP contribution is -2.20. The van der Waals surface area contributed by atoms with Crippen LogP contribution in [0.15, 0.2) is 41.5 Å². The van der Waals surface area contributed by atoms with Crippen LogP contribution in [0.4, 0.5) is 0 Å². The van der Waals surface area contributed by atoms with Gasteiger partial charge in [-0.15, -0.1) is 0 Å². The molecule has 0 heterocycles. The highest BCUT2D eigenvalue weighted by Crippen LogP contribution is 2.38. The van der Waals surface area contributed by atoms with Crippen molar-refractivity contribution in [1.29, 1.82) is 0 Å². The molecule has 0 unspecified atom stereocenters. The number of hydrogen-bond acceptors (Lipinski definition) is 5. The second kappa shape index (κ2) is 8.89. The van der Waals surface area contributed by atoms with E-state index >= 15 is 0 Å². The van der Waals surface area contributed by atoms with Gasteiger partial charge in [0.1, 0.15) is 0 Å². The highest BCUT2D eigenvalue weighted by molar-refractivity contribution is 6.02. The molecule has 6 nitrogen and oxygen atoms in total. The number of carbonyl (C=O) groups excluding carboxylic acids is 1. The van der Waals surface area contributed by atoms with Crippen LogP contribution in [-0.4, -0.2) is 32.9 Å². The van der Waals surface area contributed by atoms with Crippen molar-refractivity contribution in [3.63, 3.8) is 0 Å². The number of nitrogens with zero attached hydrogens (tertiary/aromatic N) is 1. The van der Waals surface area contributed by atoms with Gasteiger partial charge in [-0.25, -0.2) is 5.43 Å². The van der Waals surface area contributed by atoms with Gasteiger partial charge in [0.25, 0.3) is 5.91 Å². The third-order valence-electron chi connectivity index (χ3n) is 3.94. The number of ether oxygens (including phenoxy) is 3. The van der Waals surface area contributed by atoms with Crippen LogP contribution in [0.1, 0.15) is 34.8 Å². The minimum absolute atomic E-state index is 0.359. The first-order valence-corrected chi connectivity index (χ1v) is 8.28. The van der Waals surface area contributed by atoms with Crippen LogP contribution in [0.25, 0.3) is 0 Å². The molecule has 0 aliphatic carbocycles. The lowest BCUT2D eigenvalue weighted by atomic mass is 10.1. The van der Waals surface area contributed by atoms with Gasteiger partial charge in [0.15, 0.2) is 11.5 Å². The molecule has 0 bridgehead atoms. The van der Waals surface area contributed by atoms with Gasteiger partial charge in [-0.1, -0.05) is 36.8 Å². The molecule has 26 heavy (non-hydrogen) atoms. The van der Waals surface area contributed by atoms with Gasteiger partial charge in [0.05, 0.1) is 27.0 Å². The lowest BCUT2D eigenvalue weighted by Gasteiger charge is -2.13. The summed E-state index contributed by atoms with van der Waals surface area (Å²) in [6.45, 7) is 4.02. The molecular formula is C20H24N2O4. The van der Waals surface area contributed by atoms with Gasteiger partial charge < -0.3 is 14.2 Å². The monoisotopic (exact) mass is 356 g/mol. The van der Waals surface area contributed by atoms with Gasteiger partial charge in [0, 0.05) is 5.56 Å². The molecule has 0 fully saturated rings. The molecular weight excluding hydrogens is 332 g/mol. The maximum absolute atomic E-state index is 12.5. The third-order valence-corrected chi connectivity index (χ3v) is 3.94. The summed E-state index contributed by atoms with van der Waals surface area (Å²) in [5, 5.41) is 4.28. The molecule has 0 aliphatic heterocycles. The van der Waals surface area contributed by atoms with E-state index in [1.807, 2.05) is 38.1 Å². The highest BCUT2D eigenvalue weighted by atomic mass is 16.5. The van der Waals surface area contributed by atoms with Crippen LogP contribution < -0.4 is 19.6 Å². The van der Waals surface area contributed by atoms with E-state index in [4.69, 9.17) is 14.2 Å². The van der Waals surface area contributed by atoms with Crippen molar-refractivity contribution in [2.45, 2.75) is 20.3 Å². The summed E-state index contributed by atoms with van der Waals surface area (Å²) < 4.78 is 15.8. The zero-order valence-corrected chi connectivity index (χ0v) is 15.8. The van der Waals surface area contributed by atoms with Gasteiger partial charge in [-0.2, -0.15) is 5.10 Å². The van der Waals surface area contributed by atoms with Crippen molar-refractivity contribution in [2.75, 3.05) is 21.3 Å². The molecule has 0 saturated carbocycles. The van der Waals surface area contributed by atoms with E-state index < -0.39 is 0 Å². The number of benzene rings is 2. The average molecular weight is 356 g/mol. The van der Waals surface area contributed by atoms with Gasteiger partial charge >= 0.3 is 0 Å². The summed E-state index contributed by atoms with van der Waals surface area (Å²) in [6.07, 6.45) is 0.693. The van der Waals surface area contributed by atoms with E-state index in [2.05, 4.69) is 10.5 Å². The molecule has 2 rings (SSSR count). The van der Waals surface area contributed by atoms with E-state index in [0.717, 1.165) is 11.3 Å². The number of nitrogens with one attached hydrogen (secondary N) is 1. The smallest absolute Gasteiger partial charge is 0.271 e. The summed E-state index contributed by atoms with van der Waals surface area (Å²) in [5.74, 6) is 0.900. The largest absolute Gasteiger partial charge is 0.493 e. The SMILES string of the molecule is CCC(=NNC(=O)c1cc(OC)c(OC)c(OC)c1)c1ccc(C)cc1. The molecule has 0 spiro atoms. The summed E-state index contributed by atoms with van der Waals surface area (Å²) in [7, 11) is 4.52. The molecule has 0 radical (unpaired) electrons. The van der Waals surface area contributed by atoms with Crippen molar-refractivity contribution in [3.05, 3.63) is 53.1 Å². The molecule has 0 aromatic heterocycles. The van der Waals surface area contributed by atoms with Crippen LogP contribution in [0.2, 0.25) is 0 Å². The Bertz CT molecular complexity index is 773. The molecule has 2 aromatic rings. The molecule has 0 aliphatic rings. The third kappa shape index (κ3) is 4.33. The molecule has 2 aromatic carbocycles. The summed E-state index contributed by atoms with van der Waals surface area (Å²) in [4.78, 5) is 12.5. The van der Waals surface area contributed by atoms with Crippen LogP contribution >= 0.6 is 0 Å². The summed E-state index contributed by atoms with van der Waals surface area (Å²) >= 11 is 0. The van der Waals surface area contributed by atoms with Crippen molar-refractivity contribution in [2.24, 2.45) is 5.10 Å². The zero-order valence-electron chi connectivity index (χ0n) is 15.8. The first-order valence-electron chi connectivity index (χ1n) is 8.28. The van der Waals surface area contributed by atoms with Crippen molar-refractivity contribution >= 4 is 11.6 Å². The Balaban J connectivity index is 2.27. The Morgan fingerprint density at radius 2 is 1.54 bits per heavy atom. The minimum Gasteiger partial charge on any atom is -0.493 e. The zero-order chi connectivity index (χ0) is 19.1. The number of amides is 1. The van der Waals surface area contributed by atoms with Crippen LogP contribution in [-0.2, 0) is 0 Å². The minimum atomic E-state index is -0.359. The predicted molar refractivity (Wildman–Crippen MR) is 102 cm³/mol. The fraction of sp³-hybridized carbons (Fsp3) is 0.300. The summed E-state index contributed by atoms with van der Waals surface area (Å²) in [5.41, 5.74) is 5.91. The molecule has 6 heteroatoms. The predicted octanol–water partition coefficient (Wildman–Crippen LogP) is 3.56. The number of hydrogen-bond donors (Lipinski definition) is 1. The van der Waals surface area contributed by atoms with Gasteiger partial charge in [-0.05, 0) is 31.0 Å². The number of carbonyl (C=O) groups is 1. The maximum atomic E-state index is 12.5. The lowest BCUT2D eigenvalue weighted by molar-refractivity contribution is 0.0954. The summed E-state index contributed by atoms with van der Waals surface area (Å²) in [6, 6.07) is 11.2. The van der Waals surface area contributed by atoms with Crippen LogP contribution in [0.3, 0.4) is 0 Å². The van der Waals surface area contributed by atoms with E-state index in [1.165, 1.54) is 26.9 Å². The number of methoxy groups -OCH3 is 3. The van der Waals surface area contributed by atoms with Crippen molar-refractivity contribution in [1.82, 2.24) is 5.43 Å². The fourth-order valence-electron chi connectivity index (χ4n) is 2.49. The Hall–Kier alpha value is -3.02. The van der Waals surface area contributed by atoms with Crippen LogP contribution in [0, 0.1) is 6.92 Å². The quantitative estimate of drug-likeness (QED) is 0.608. The van der Waals surface area contributed by atoms with E-state index in [0.29, 0.717) is 29.2 Å². The topological polar surface area (TPSA) is 69.2 Å². The molecule has 0 saturated heterocycles. The number of aryl methyl sites for hydroxylation is 1. The Kier molecular flexibility index (Phi) is 6.60. The van der Waals surface area contributed by atoms with E-state index in [1.54, 1.807) is 12.1 Å². The molecule has 138 valence electrons. The Labute approximate surface area is 153 Å². The van der Waals surface area contributed by atoms with Gasteiger partial charge in [0.2, 0.25) is 5.75 Å². The highest BCUT2D eigenvalue weighted by Gasteiger charge is 2.17. The van der Waals surface area contributed by atoms with Gasteiger partial charge in [-0.3, -0.25) is 4.79 Å². The first kappa shape index (κ1) is 19.3. The molecule has 0 atom stereocenters. The molecule has 1 N–H and O–H groups in total. The van der Waals surface area contributed by atoms with E-state index in [-0.39, 0.29) is 5.91 Å². The van der Waals surface area contributed by atoms with Crippen molar-refractivity contribution in [3.8, 4) is 17.2 Å². The first-order chi connectivity index (χ1) is 12.5. The number of rotatable bonds is 7. The van der Waals surface area contributed by atoms with Crippen molar-refractivity contribution < 1.29 is 19.0 Å². The standard InChI is InChI=1S/C20H24N2O4/c1-6-16(14-9-7-13(2)8-10-14)21-22-20(23)15-11-17(24-3)19(26-5)18(12-15)25-4/h7-12H,6H2,1-5H3,(H,22,23). The van der Waals surface area contributed by atoms with Crippen LogP contribution in [0.5, 0.6) is 17.2 Å². The normalized spacial score (nSPS) is 11.0. The Morgan fingerprint density at radius 1 is 0.962 bits per heavy atom. The second-order valence-corrected chi connectivity index (χ2v) is 5.63. The molecule has 1 amide bonds. The average Bonchev–Trinajstić information content (AvgIpc) is 2.68. The number of hydrazone groups is 1. The second-order valence-electron chi connectivity index (χ2n) is 5.63. The Morgan fingerprint density at radius 3 is 2.00 bits per heavy atom. The maximum Gasteiger partial charge on any atom is 0.271 e. The fourth-order valence-corrected chi connectivity index (χ4v) is 2.49.